The zero-order chi connectivity index (χ0) is 23.1. The number of ketones is 1. The maximum absolute atomic E-state index is 13.9. The summed E-state index contributed by atoms with van der Waals surface area (Å²) in [6, 6.07) is 19.4. The van der Waals surface area contributed by atoms with Gasteiger partial charge in [0.25, 0.3) is 5.69 Å². The monoisotopic (exact) mass is 441 g/mol. The van der Waals surface area contributed by atoms with Crippen LogP contribution in [0, 0.1) is 20.2 Å². The smallest absolute Gasteiger partial charge is 0.270 e. The number of para-hydroxylation sites is 1. The summed E-state index contributed by atoms with van der Waals surface area (Å²) in [4.78, 5) is 38.5. The number of Topliss-reactive ketones (excluding diaryl/α,β-unsaturated/α-hetero) is 1. The van der Waals surface area contributed by atoms with Crippen molar-refractivity contribution < 1.29 is 14.6 Å². The second kappa shape index (κ2) is 7.98. The molecule has 0 radical (unpaired) electrons. The minimum absolute atomic E-state index is 0.157. The highest BCUT2D eigenvalue weighted by Crippen LogP contribution is 2.47. The summed E-state index contributed by atoms with van der Waals surface area (Å²) >= 11 is 0. The highest BCUT2D eigenvalue weighted by Gasteiger charge is 2.58. The SMILES string of the molecule is O=C(c1cccc([N+](=O)[O-])c1)[C@@H]1[C@@H](c2ccccc2)[C@H]([N+](=O)[O-])[C@@H]2C=Cc3ccccc3N12. The number of fused-ring (bicyclic) bond motifs is 3. The third kappa shape index (κ3) is 3.36. The number of hydrogen-bond donors (Lipinski definition) is 0. The summed E-state index contributed by atoms with van der Waals surface area (Å²) in [5.74, 6) is -1.12. The molecule has 8 nitrogen and oxygen atoms in total. The lowest BCUT2D eigenvalue weighted by Gasteiger charge is -2.34. The standard InChI is InChI=1S/C25H19N3O5/c29-25(18-10-6-11-19(15-18)27(30)31)24-22(17-8-2-1-3-9-17)23(28(32)33)21-14-13-16-7-4-5-12-20(16)26(21)24/h1-15,21-24H/t21-,22-,23+,24-/m0/s1. The first-order valence-corrected chi connectivity index (χ1v) is 10.5. The number of nitro groups is 2. The third-order valence-corrected chi connectivity index (χ3v) is 6.40. The Morgan fingerprint density at radius 1 is 0.879 bits per heavy atom. The van der Waals surface area contributed by atoms with Gasteiger partial charge in [0.2, 0.25) is 6.04 Å². The van der Waals surface area contributed by atoms with Gasteiger partial charge in [0.1, 0.15) is 12.1 Å². The van der Waals surface area contributed by atoms with Gasteiger partial charge in [-0.3, -0.25) is 25.0 Å². The fourth-order valence-corrected chi connectivity index (χ4v) is 5.05. The van der Waals surface area contributed by atoms with E-state index in [0.717, 1.165) is 11.3 Å². The van der Waals surface area contributed by atoms with Crippen molar-refractivity contribution >= 4 is 23.2 Å². The van der Waals surface area contributed by atoms with Crippen LogP contribution >= 0.6 is 0 Å². The van der Waals surface area contributed by atoms with Crippen molar-refractivity contribution in [2.75, 3.05) is 4.90 Å². The Morgan fingerprint density at radius 2 is 1.61 bits per heavy atom. The number of non-ortho nitro benzene ring substituents is 1. The molecule has 0 spiro atoms. The molecular weight excluding hydrogens is 422 g/mol. The molecular formula is C25H19N3O5. The molecule has 2 heterocycles. The molecule has 1 saturated heterocycles. The fraction of sp³-hybridized carbons (Fsp3) is 0.160. The second-order valence-electron chi connectivity index (χ2n) is 8.14. The minimum Gasteiger partial charge on any atom is -0.346 e. The molecule has 8 heteroatoms. The molecule has 2 aliphatic rings. The van der Waals surface area contributed by atoms with E-state index in [1.165, 1.54) is 24.3 Å². The van der Waals surface area contributed by atoms with Crippen LogP contribution in [0.3, 0.4) is 0 Å². The number of hydrogen-bond acceptors (Lipinski definition) is 6. The maximum atomic E-state index is 13.9. The van der Waals surface area contributed by atoms with Gasteiger partial charge in [-0.1, -0.05) is 72.8 Å². The number of nitro benzene ring substituents is 1. The Labute approximate surface area is 189 Å². The number of carbonyl (C=O) groups excluding carboxylic acids is 1. The van der Waals surface area contributed by atoms with Crippen LogP contribution in [0.5, 0.6) is 0 Å². The summed E-state index contributed by atoms with van der Waals surface area (Å²) in [5.41, 5.74) is 2.24. The number of nitrogens with zero attached hydrogens (tertiary/aromatic N) is 3. The predicted octanol–water partition coefficient (Wildman–Crippen LogP) is 4.49. The highest BCUT2D eigenvalue weighted by molar-refractivity contribution is 6.04. The van der Waals surface area contributed by atoms with Crippen LogP contribution in [-0.2, 0) is 0 Å². The van der Waals surface area contributed by atoms with Gasteiger partial charge < -0.3 is 4.90 Å². The molecule has 0 unspecified atom stereocenters. The molecule has 0 N–H and O–H groups in total. The Bertz CT molecular complexity index is 1290. The topological polar surface area (TPSA) is 107 Å². The number of anilines is 1. The van der Waals surface area contributed by atoms with Gasteiger partial charge in [0, 0.05) is 28.3 Å². The zero-order valence-electron chi connectivity index (χ0n) is 17.4. The van der Waals surface area contributed by atoms with Crippen molar-refractivity contribution in [3.8, 4) is 0 Å². The molecule has 3 aromatic carbocycles. The zero-order valence-corrected chi connectivity index (χ0v) is 17.4. The molecule has 1 fully saturated rings. The van der Waals surface area contributed by atoms with Crippen molar-refractivity contribution in [2.45, 2.75) is 24.0 Å². The highest BCUT2D eigenvalue weighted by atomic mass is 16.6. The molecule has 0 saturated carbocycles. The normalized spacial score (nSPS) is 23.0. The number of rotatable bonds is 5. The lowest BCUT2D eigenvalue weighted by molar-refractivity contribution is -0.524. The first kappa shape index (κ1) is 20.6. The number of carbonyl (C=O) groups is 1. The van der Waals surface area contributed by atoms with Crippen LogP contribution in [0.2, 0.25) is 0 Å². The van der Waals surface area contributed by atoms with E-state index in [1.54, 1.807) is 30.3 Å². The van der Waals surface area contributed by atoms with E-state index in [2.05, 4.69) is 0 Å². The van der Waals surface area contributed by atoms with Gasteiger partial charge in [-0.15, -0.1) is 0 Å². The average Bonchev–Trinajstić information content (AvgIpc) is 3.20. The molecule has 0 aromatic heterocycles. The number of benzene rings is 3. The van der Waals surface area contributed by atoms with Crippen LogP contribution < -0.4 is 4.90 Å². The minimum atomic E-state index is -1.07. The molecule has 3 aromatic rings. The molecule has 5 rings (SSSR count). The first-order valence-electron chi connectivity index (χ1n) is 10.5. The van der Waals surface area contributed by atoms with Gasteiger partial charge in [-0.05, 0) is 17.2 Å². The van der Waals surface area contributed by atoms with Crippen LogP contribution in [-0.4, -0.2) is 33.8 Å². The van der Waals surface area contributed by atoms with Gasteiger partial charge in [-0.2, -0.15) is 0 Å². The molecule has 0 amide bonds. The van der Waals surface area contributed by atoms with Gasteiger partial charge >= 0.3 is 0 Å². The average molecular weight is 441 g/mol. The van der Waals surface area contributed by atoms with E-state index in [-0.39, 0.29) is 22.0 Å². The third-order valence-electron chi connectivity index (χ3n) is 6.40. The van der Waals surface area contributed by atoms with E-state index in [1.807, 2.05) is 41.3 Å². The molecule has 4 atom stereocenters. The summed E-state index contributed by atoms with van der Waals surface area (Å²) in [7, 11) is 0. The van der Waals surface area contributed by atoms with E-state index in [0.29, 0.717) is 5.56 Å². The van der Waals surface area contributed by atoms with Gasteiger partial charge in [-0.25, -0.2) is 0 Å². The maximum Gasteiger partial charge on any atom is 0.270 e. The van der Waals surface area contributed by atoms with Crippen LogP contribution in [0.25, 0.3) is 6.08 Å². The Balaban J connectivity index is 1.71. The Kier molecular flexibility index (Phi) is 4.97. The van der Waals surface area contributed by atoms with E-state index < -0.39 is 29.0 Å². The van der Waals surface area contributed by atoms with Gasteiger partial charge in [0.05, 0.1) is 10.8 Å². The van der Waals surface area contributed by atoms with E-state index >= 15 is 0 Å². The lowest BCUT2D eigenvalue weighted by atomic mass is 9.83. The van der Waals surface area contributed by atoms with Crippen LogP contribution in [0.15, 0.2) is 84.9 Å². The van der Waals surface area contributed by atoms with Crippen molar-refractivity contribution in [2.24, 2.45) is 0 Å². The molecule has 33 heavy (non-hydrogen) atoms. The van der Waals surface area contributed by atoms with Crippen LogP contribution in [0.4, 0.5) is 11.4 Å². The van der Waals surface area contributed by atoms with Crippen molar-refractivity contribution in [1.82, 2.24) is 0 Å². The largest absolute Gasteiger partial charge is 0.346 e. The summed E-state index contributed by atoms with van der Waals surface area (Å²) in [6.45, 7) is 0. The Hall–Kier alpha value is -4.33. The van der Waals surface area contributed by atoms with Crippen molar-refractivity contribution in [3.63, 3.8) is 0 Å². The summed E-state index contributed by atoms with van der Waals surface area (Å²) in [5, 5.41) is 23.6. The van der Waals surface area contributed by atoms with E-state index in [4.69, 9.17) is 0 Å². The summed E-state index contributed by atoms with van der Waals surface area (Å²) < 4.78 is 0. The predicted molar refractivity (Wildman–Crippen MR) is 123 cm³/mol. The van der Waals surface area contributed by atoms with Crippen molar-refractivity contribution in [1.29, 1.82) is 0 Å². The Morgan fingerprint density at radius 3 is 2.33 bits per heavy atom. The quantitative estimate of drug-likeness (QED) is 0.328. The van der Waals surface area contributed by atoms with E-state index in [9.17, 15) is 25.0 Å². The molecule has 0 aliphatic carbocycles. The summed E-state index contributed by atoms with van der Waals surface area (Å²) in [6.07, 6.45) is 3.64. The van der Waals surface area contributed by atoms with Gasteiger partial charge in [0.15, 0.2) is 5.78 Å². The molecule has 164 valence electrons. The lowest BCUT2D eigenvalue weighted by Crippen LogP contribution is -2.44. The molecule has 2 aliphatic heterocycles. The van der Waals surface area contributed by atoms with Crippen LogP contribution in [0.1, 0.15) is 27.4 Å². The first-order chi connectivity index (χ1) is 16.0. The second-order valence-corrected chi connectivity index (χ2v) is 8.14. The molecule has 0 bridgehead atoms. The van der Waals surface area contributed by atoms with Crippen molar-refractivity contribution in [3.05, 3.63) is 122 Å². The fourth-order valence-electron chi connectivity index (χ4n) is 5.05.